The number of carbonyl (C=O) groups is 1. The van der Waals surface area contributed by atoms with Crippen molar-refractivity contribution in [1.82, 2.24) is 9.47 Å². The van der Waals surface area contributed by atoms with E-state index < -0.39 is 0 Å². The Morgan fingerprint density at radius 3 is 2.40 bits per heavy atom. The zero-order valence-electron chi connectivity index (χ0n) is 20.7. The van der Waals surface area contributed by atoms with Crippen LogP contribution in [0.5, 0.6) is 0 Å². The maximum absolute atomic E-state index is 13.5. The summed E-state index contributed by atoms with van der Waals surface area (Å²) in [5.41, 5.74) is 2.13. The molecule has 0 bridgehead atoms. The Morgan fingerprint density at radius 1 is 1.17 bits per heavy atom. The Balaban J connectivity index is 1.82. The first-order chi connectivity index (χ1) is 16.6. The predicted octanol–water partition coefficient (Wildman–Crippen LogP) is 5.01. The van der Waals surface area contributed by atoms with Gasteiger partial charge in [-0.1, -0.05) is 68.2 Å². The number of pyridine rings is 1. The lowest BCUT2D eigenvalue weighted by Crippen LogP contribution is -2.42. The normalized spacial score (nSPS) is 22.6. The summed E-state index contributed by atoms with van der Waals surface area (Å²) in [4.78, 5) is 31.0. The number of benzene rings is 1. The molecule has 1 aromatic carbocycles. The molecule has 2 aliphatic heterocycles. The monoisotopic (exact) mass is 506 g/mol. The van der Waals surface area contributed by atoms with Crippen molar-refractivity contribution in [1.29, 1.82) is 5.26 Å². The van der Waals surface area contributed by atoms with Crippen LogP contribution >= 0.6 is 24.0 Å². The van der Waals surface area contributed by atoms with Crippen LogP contribution < -0.4 is 10.5 Å². The average Bonchev–Trinajstić information content (AvgIpc) is 3.10. The molecule has 0 spiro atoms. The first kappa shape index (κ1) is 25.2. The molecule has 4 rings (SSSR count). The second-order valence-electron chi connectivity index (χ2n) is 9.70. The Kier molecular flexibility index (Phi) is 7.20. The van der Waals surface area contributed by atoms with Gasteiger partial charge in [0.2, 0.25) is 0 Å². The lowest BCUT2D eigenvalue weighted by Gasteiger charge is -2.38. The van der Waals surface area contributed by atoms with Crippen molar-refractivity contribution in [3.63, 3.8) is 0 Å². The van der Waals surface area contributed by atoms with Gasteiger partial charge in [0, 0.05) is 25.7 Å². The van der Waals surface area contributed by atoms with Crippen LogP contribution in [0.15, 0.2) is 40.0 Å². The van der Waals surface area contributed by atoms with Crippen molar-refractivity contribution in [3.8, 4) is 6.07 Å². The van der Waals surface area contributed by atoms with Gasteiger partial charge < -0.3 is 4.90 Å². The molecule has 2 aliphatic rings. The molecule has 1 aromatic heterocycles. The third kappa shape index (κ3) is 4.67. The number of thiocarbonyl (C=S) groups is 1. The van der Waals surface area contributed by atoms with Gasteiger partial charge >= 0.3 is 0 Å². The van der Waals surface area contributed by atoms with Crippen molar-refractivity contribution in [2.75, 3.05) is 18.0 Å². The number of piperidine rings is 1. The smallest absolute Gasteiger partial charge is 0.270 e. The molecule has 35 heavy (non-hydrogen) atoms. The topological polar surface area (TPSA) is 69.3 Å². The Labute approximate surface area is 216 Å². The highest BCUT2D eigenvalue weighted by atomic mass is 32.2. The van der Waals surface area contributed by atoms with Gasteiger partial charge in [0.1, 0.15) is 21.8 Å². The Morgan fingerprint density at radius 2 is 1.80 bits per heavy atom. The van der Waals surface area contributed by atoms with E-state index in [1.807, 2.05) is 43.3 Å². The maximum Gasteiger partial charge on any atom is 0.270 e. The minimum Gasteiger partial charge on any atom is -0.357 e. The lowest BCUT2D eigenvalue weighted by atomic mass is 9.91. The highest BCUT2D eigenvalue weighted by Crippen LogP contribution is 2.40. The van der Waals surface area contributed by atoms with Gasteiger partial charge in [-0.25, -0.2) is 0 Å². The number of aromatic nitrogens is 1. The van der Waals surface area contributed by atoms with E-state index in [4.69, 9.17) is 12.2 Å². The number of carbonyl (C=O) groups excluding carboxylic acids is 1. The fourth-order valence-electron chi connectivity index (χ4n) is 5.26. The summed E-state index contributed by atoms with van der Waals surface area (Å²) in [6.45, 7) is 9.82. The minimum atomic E-state index is -0.312. The van der Waals surface area contributed by atoms with Gasteiger partial charge in [-0.2, -0.15) is 5.26 Å². The highest BCUT2D eigenvalue weighted by molar-refractivity contribution is 8.26. The molecule has 3 heterocycles. The summed E-state index contributed by atoms with van der Waals surface area (Å²) >= 11 is 6.88. The molecular weight excluding hydrogens is 476 g/mol. The Bertz CT molecular complexity index is 1300. The van der Waals surface area contributed by atoms with Gasteiger partial charge in [-0.3, -0.25) is 19.1 Å². The van der Waals surface area contributed by atoms with Crippen LogP contribution in [-0.4, -0.2) is 32.8 Å². The van der Waals surface area contributed by atoms with E-state index in [1.165, 1.54) is 11.8 Å². The standard InChI is InChI=1S/C27H30N4O2S2/c1-16-11-17(2)15-30(14-16)24-21(18(3)22(13-28)25(32)29(24)5)12-23-26(33)31(27(34)35-23)19(4)20-9-7-6-8-10-20/h6-10,12,16-17,19H,11,14-15H2,1-5H3/b23-12-. The number of nitriles is 1. The third-order valence-corrected chi connectivity index (χ3v) is 8.23. The quantitative estimate of drug-likeness (QED) is 0.429. The fraction of sp³-hybridized carbons (Fsp3) is 0.407. The molecule has 8 heteroatoms. The molecule has 0 saturated carbocycles. The molecular formula is C27H30N4O2S2. The van der Waals surface area contributed by atoms with Crippen LogP contribution in [0.2, 0.25) is 0 Å². The van der Waals surface area contributed by atoms with Crippen LogP contribution in [0.4, 0.5) is 5.82 Å². The lowest BCUT2D eigenvalue weighted by molar-refractivity contribution is -0.123. The van der Waals surface area contributed by atoms with Gasteiger partial charge in [0.15, 0.2) is 0 Å². The molecule has 3 unspecified atom stereocenters. The molecule has 6 nitrogen and oxygen atoms in total. The molecule has 0 aliphatic carbocycles. The van der Waals surface area contributed by atoms with Crippen LogP contribution in [0.3, 0.4) is 0 Å². The van der Waals surface area contributed by atoms with E-state index in [2.05, 4.69) is 24.8 Å². The fourth-order valence-corrected chi connectivity index (χ4v) is 6.66. The van der Waals surface area contributed by atoms with E-state index in [0.29, 0.717) is 26.6 Å². The third-order valence-electron chi connectivity index (χ3n) is 6.90. The van der Waals surface area contributed by atoms with E-state index in [0.717, 1.165) is 36.5 Å². The van der Waals surface area contributed by atoms with Crippen molar-refractivity contribution >= 4 is 46.1 Å². The Hall–Kier alpha value is -2.89. The molecule has 182 valence electrons. The number of hydrogen-bond donors (Lipinski definition) is 0. The van der Waals surface area contributed by atoms with Crippen molar-refractivity contribution in [3.05, 3.63) is 67.8 Å². The number of anilines is 1. The van der Waals surface area contributed by atoms with E-state index >= 15 is 0 Å². The largest absolute Gasteiger partial charge is 0.357 e. The first-order valence-corrected chi connectivity index (χ1v) is 13.1. The molecule has 1 amide bonds. The number of rotatable bonds is 4. The zero-order chi connectivity index (χ0) is 25.4. The van der Waals surface area contributed by atoms with E-state index in [9.17, 15) is 14.9 Å². The van der Waals surface area contributed by atoms with Crippen LogP contribution in [0.1, 0.15) is 55.5 Å². The maximum atomic E-state index is 13.5. The summed E-state index contributed by atoms with van der Waals surface area (Å²) in [6.07, 6.45) is 2.96. The molecule has 3 atom stereocenters. The van der Waals surface area contributed by atoms with Crippen LogP contribution in [0.25, 0.3) is 6.08 Å². The summed E-state index contributed by atoms with van der Waals surface area (Å²) in [5, 5.41) is 9.73. The molecule has 2 fully saturated rings. The predicted molar refractivity (Wildman–Crippen MR) is 146 cm³/mol. The van der Waals surface area contributed by atoms with Crippen LogP contribution in [-0.2, 0) is 11.8 Å². The second kappa shape index (κ2) is 10.00. The molecule has 0 N–H and O–H groups in total. The average molecular weight is 507 g/mol. The van der Waals surface area contributed by atoms with Crippen LogP contribution in [0, 0.1) is 30.1 Å². The van der Waals surface area contributed by atoms with E-state index in [1.54, 1.807) is 23.4 Å². The van der Waals surface area contributed by atoms with Gasteiger partial charge in [0.05, 0.1) is 10.9 Å². The number of amides is 1. The summed E-state index contributed by atoms with van der Waals surface area (Å²) in [6, 6.07) is 11.7. The highest BCUT2D eigenvalue weighted by Gasteiger charge is 2.37. The van der Waals surface area contributed by atoms with Gasteiger partial charge in [-0.05, 0) is 49.3 Å². The summed E-state index contributed by atoms with van der Waals surface area (Å²) in [5.74, 6) is 1.55. The summed E-state index contributed by atoms with van der Waals surface area (Å²) in [7, 11) is 1.71. The molecule has 0 radical (unpaired) electrons. The van der Waals surface area contributed by atoms with Gasteiger partial charge in [0.25, 0.3) is 11.5 Å². The zero-order valence-corrected chi connectivity index (χ0v) is 22.4. The first-order valence-electron chi connectivity index (χ1n) is 11.8. The van der Waals surface area contributed by atoms with Crippen molar-refractivity contribution < 1.29 is 4.79 Å². The number of nitrogens with zero attached hydrogens (tertiary/aromatic N) is 4. The molecule has 2 saturated heterocycles. The summed E-state index contributed by atoms with van der Waals surface area (Å²) < 4.78 is 2.07. The molecule has 2 aromatic rings. The van der Waals surface area contributed by atoms with E-state index in [-0.39, 0.29) is 23.1 Å². The second-order valence-corrected chi connectivity index (χ2v) is 11.4. The number of hydrogen-bond acceptors (Lipinski definition) is 6. The number of thioether (sulfide) groups is 1. The van der Waals surface area contributed by atoms with Gasteiger partial charge in [-0.15, -0.1) is 0 Å². The SMILES string of the molecule is Cc1c(/C=C2\SC(=S)N(C(C)c3ccccc3)C2=O)c(N2CC(C)CC(C)C2)n(C)c(=O)c1C#N. The minimum absolute atomic E-state index is 0.105. The van der Waals surface area contributed by atoms with Crippen molar-refractivity contribution in [2.45, 2.75) is 40.2 Å². The van der Waals surface area contributed by atoms with Crippen molar-refractivity contribution in [2.24, 2.45) is 18.9 Å².